The molecule has 0 spiro atoms. The first-order valence-corrected chi connectivity index (χ1v) is 12.9. The molecule has 0 radical (unpaired) electrons. The van der Waals surface area contributed by atoms with Gasteiger partial charge in [-0.1, -0.05) is 40.9 Å². The van der Waals surface area contributed by atoms with E-state index >= 15 is 0 Å². The summed E-state index contributed by atoms with van der Waals surface area (Å²) in [6, 6.07) is 8.85. The van der Waals surface area contributed by atoms with Gasteiger partial charge in [0.05, 0.1) is 35.1 Å². The van der Waals surface area contributed by atoms with Crippen LogP contribution in [0, 0.1) is 0 Å². The summed E-state index contributed by atoms with van der Waals surface area (Å²) >= 11 is 19.5. The van der Waals surface area contributed by atoms with Crippen molar-refractivity contribution in [2.45, 2.75) is 13.0 Å². The zero-order valence-corrected chi connectivity index (χ0v) is 20.9. The Morgan fingerprint density at radius 2 is 1.85 bits per heavy atom. The highest BCUT2D eigenvalue weighted by Crippen LogP contribution is 2.34. The first kappa shape index (κ1) is 23.8. The number of hydrogen-bond donors (Lipinski definition) is 3. The SMILES string of the molecule is C[C@@H](NC(=O)c1cc(Cl)ccc1NS(=O)(=O)C1=CC=CN2SNC=C12)c1ccc(Cl)cc1Cl. The van der Waals surface area contributed by atoms with E-state index in [-0.39, 0.29) is 21.2 Å². The molecule has 1 atom stereocenters. The largest absolute Gasteiger partial charge is 0.345 e. The van der Waals surface area contributed by atoms with E-state index in [9.17, 15) is 13.2 Å². The van der Waals surface area contributed by atoms with Crippen LogP contribution in [0.2, 0.25) is 15.1 Å². The number of carbonyl (C=O) groups excluding carboxylic acids is 1. The summed E-state index contributed by atoms with van der Waals surface area (Å²) in [4.78, 5) is 13.2. The van der Waals surface area contributed by atoms with Crippen LogP contribution in [0.15, 0.2) is 71.6 Å². The molecule has 2 heterocycles. The minimum absolute atomic E-state index is 0.0603. The van der Waals surface area contributed by atoms with E-state index in [2.05, 4.69) is 14.8 Å². The molecule has 0 bridgehead atoms. The highest BCUT2D eigenvalue weighted by Gasteiger charge is 2.30. The third-order valence-corrected chi connectivity index (χ3v) is 7.79. The average Bonchev–Trinajstić information content (AvgIpc) is 3.23. The van der Waals surface area contributed by atoms with Crippen molar-refractivity contribution in [3.8, 4) is 0 Å². The molecule has 0 unspecified atom stereocenters. The molecular formula is C21H17Cl3N4O3S2. The summed E-state index contributed by atoms with van der Waals surface area (Å²) in [7, 11) is -4.01. The second-order valence-electron chi connectivity index (χ2n) is 7.09. The lowest BCUT2D eigenvalue weighted by molar-refractivity contribution is 0.0941. The lowest BCUT2D eigenvalue weighted by Gasteiger charge is -2.22. The standard InChI is InChI=1S/C21H17Cl3N4O3S2/c1-12(15-6-4-14(23)10-17(15)24)26-21(29)16-9-13(22)5-7-18(16)27-33(30,31)20-3-2-8-28-19(20)11-25-32-28/h2-12,25,27H,1H3,(H,26,29)/t12-/m1/s1. The van der Waals surface area contributed by atoms with Gasteiger partial charge in [0.2, 0.25) is 0 Å². The lowest BCUT2D eigenvalue weighted by Crippen LogP contribution is -2.28. The van der Waals surface area contributed by atoms with Crippen LogP contribution < -0.4 is 14.8 Å². The van der Waals surface area contributed by atoms with Gasteiger partial charge in [-0.25, -0.2) is 8.42 Å². The number of nitrogens with zero attached hydrogens (tertiary/aromatic N) is 1. The van der Waals surface area contributed by atoms with Crippen molar-refractivity contribution in [1.82, 2.24) is 14.3 Å². The van der Waals surface area contributed by atoms with Gasteiger partial charge in [-0.15, -0.1) is 0 Å². The quantitative estimate of drug-likeness (QED) is 0.411. The molecule has 7 nitrogen and oxygen atoms in total. The van der Waals surface area contributed by atoms with Gasteiger partial charge in [0.25, 0.3) is 15.9 Å². The molecule has 2 aliphatic rings. The van der Waals surface area contributed by atoms with Crippen LogP contribution in [0.25, 0.3) is 0 Å². The van der Waals surface area contributed by atoms with Gasteiger partial charge in [0.15, 0.2) is 0 Å². The van der Waals surface area contributed by atoms with E-state index in [1.54, 1.807) is 47.9 Å². The second-order valence-corrected chi connectivity index (χ2v) is 10.8. The summed E-state index contributed by atoms with van der Waals surface area (Å²) in [5.74, 6) is -0.523. The predicted molar refractivity (Wildman–Crippen MR) is 134 cm³/mol. The molecule has 4 rings (SSSR count). The summed E-state index contributed by atoms with van der Waals surface area (Å²) < 4.78 is 33.4. The van der Waals surface area contributed by atoms with Crippen molar-refractivity contribution in [2.24, 2.45) is 0 Å². The van der Waals surface area contributed by atoms with Gasteiger partial charge >= 0.3 is 0 Å². The van der Waals surface area contributed by atoms with Crippen LogP contribution in [0.1, 0.15) is 28.9 Å². The number of nitrogens with one attached hydrogen (secondary N) is 3. The molecule has 0 aliphatic carbocycles. The van der Waals surface area contributed by atoms with E-state index < -0.39 is 22.0 Å². The van der Waals surface area contributed by atoms with Crippen LogP contribution >= 0.6 is 46.9 Å². The maximum Gasteiger partial charge on any atom is 0.264 e. The fourth-order valence-corrected chi connectivity index (χ4v) is 5.99. The normalized spacial score (nSPS) is 15.8. The van der Waals surface area contributed by atoms with Gasteiger partial charge in [0.1, 0.15) is 4.91 Å². The van der Waals surface area contributed by atoms with E-state index in [4.69, 9.17) is 34.8 Å². The van der Waals surface area contributed by atoms with Crippen molar-refractivity contribution < 1.29 is 13.2 Å². The highest BCUT2D eigenvalue weighted by molar-refractivity contribution is 7.97. The van der Waals surface area contributed by atoms with Crippen LogP contribution in [0.4, 0.5) is 5.69 Å². The first-order chi connectivity index (χ1) is 15.7. The topological polar surface area (TPSA) is 90.5 Å². The average molecular weight is 544 g/mol. The van der Waals surface area contributed by atoms with Gasteiger partial charge in [-0.05, 0) is 55.0 Å². The van der Waals surface area contributed by atoms with Crippen LogP contribution in [0.3, 0.4) is 0 Å². The van der Waals surface area contributed by atoms with Crippen molar-refractivity contribution in [1.29, 1.82) is 0 Å². The number of hydrogen-bond acceptors (Lipinski definition) is 6. The van der Waals surface area contributed by atoms with E-state index in [1.165, 1.54) is 36.4 Å². The predicted octanol–water partition coefficient (Wildman–Crippen LogP) is 5.60. The molecule has 0 aromatic heterocycles. The Morgan fingerprint density at radius 3 is 2.61 bits per heavy atom. The molecule has 2 aliphatic heterocycles. The number of benzene rings is 2. The summed E-state index contributed by atoms with van der Waals surface area (Å²) in [6.07, 6.45) is 6.43. The van der Waals surface area contributed by atoms with Crippen molar-refractivity contribution in [2.75, 3.05) is 4.72 Å². The molecule has 12 heteroatoms. The Morgan fingerprint density at radius 1 is 1.12 bits per heavy atom. The Labute approximate surface area is 210 Å². The molecular weight excluding hydrogens is 527 g/mol. The smallest absolute Gasteiger partial charge is 0.264 e. The molecule has 2 aromatic rings. The number of carbonyl (C=O) groups is 1. The van der Waals surface area contributed by atoms with E-state index in [0.717, 1.165) is 0 Å². The van der Waals surface area contributed by atoms with Crippen LogP contribution in [-0.4, -0.2) is 18.6 Å². The maximum atomic E-state index is 13.2. The Bertz CT molecular complexity index is 1330. The van der Waals surface area contributed by atoms with E-state index in [0.29, 0.717) is 21.3 Å². The highest BCUT2D eigenvalue weighted by atomic mass is 35.5. The molecule has 3 N–H and O–H groups in total. The van der Waals surface area contributed by atoms with Gasteiger partial charge in [-0.3, -0.25) is 13.8 Å². The number of rotatable bonds is 6. The fraction of sp³-hybridized carbons (Fsp3) is 0.0952. The number of amides is 1. The Balaban J connectivity index is 1.60. The number of fused-ring (bicyclic) bond motifs is 1. The van der Waals surface area contributed by atoms with Crippen LogP contribution in [0.5, 0.6) is 0 Å². The third kappa shape index (κ3) is 5.12. The van der Waals surface area contributed by atoms with Crippen molar-refractivity contribution >= 4 is 68.6 Å². The number of halogens is 3. The Hall–Kier alpha value is -2.30. The van der Waals surface area contributed by atoms with Crippen molar-refractivity contribution in [3.05, 3.63) is 97.7 Å². The molecule has 172 valence electrons. The van der Waals surface area contributed by atoms with Crippen LogP contribution in [-0.2, 0) is 10.0 Å². The fourth-order valence-electron chi connectivity index (χ4n) is 3.26. The van der Waals surface area contributed by atoms with Gasteiger partial charge in [0, 0.05) is 27.5 Å². The van der Waals surface area contributed by atoms with Crippen molar-refractivity contribution in [3.63, 3.8) is 0 Å². The number of anilines is 1. The van der Waals surface area contributed by atoms with Gasteiger partial charge < -0.3 is 10.0 Å². The minimum Gasteiger partial charge on any atom is -0.345 e. The molecule has 0 saturated heterocycles. The Kier molecular flexibility index (Phi) is 6.88. The minimum atomic E-state index is -4.01. The molecule has 1 amide bonds. The molecule has 0 saturated carbocycles. The second kappa shape index (κ2) is 9.52. The maximum absolute atomic E-state index is 13.2. The zero-order chi connectivity index (χ0) is 23.8. The molecule has 0 fully saturated rings. The monoisotopic (exact) mass is 542 g/mol. The van der Waals surface area contributed by atoms with Gasteiger partial charge in [-0.2, -0.15) is 0 Å². The summed E-state index contributed by atoms with van der Waals surface area (Å²) in [5, 5.41) is 3.99. The molecule has 2 aromatic carbocycles. The first-order valence-electron chi connectivity index (χ1n) is 9.54. The number of sulfonamides is 1. The lowest BCUT2D eigenvalue weighted by atomic mass is 10.1. The summed E-state index contributed by atoms with van der Waals surface area (Å²) in [6.45, 7) is 1.76. The zero-order valence-electron chi connectivity index (χ0n) is 17.0. The molecule has 33 heavy (non-hydrogen) atoms. The summed E-state index contributed by atoms with van der Waals surface area (Å²) in [5.41, 5.74) is 1.30. The third-order valence-electron chi connectivity index (χ3n) is 4.84. The van der Waals surface area contributed by atoms with E-state index in [1.807, 2.05) is 0 Å². The number of allylic oxidation sites excluding steroid dienone is 2.